The molecular formula is C19H28N2O4. The number of ether oxygens (including phenoxy) is 2. The molecule has 1 saturated heterocycles. The Morgan fingerprint density at radius 2 is 1.84 bits per heavy atom. The lowest BCUT2D eigenvalue weighted by atomic mass is 10.2. The van der Waals surface area contributed by atoms with Crippen LogP contribution < -0.4 is 10.1 Å². The second-order valence-electron chi connectivity index (χ2n) is 6.47. The summed E-state index contributed by atoms with van der Waals surface area (Å²) in [6.45, 7) is 7.78. The van der Waals surface area contributed by atoms with E-state index in [0.717, 1.165) is 18.6 Å². The fourth-order valence-corrected chi connectivity index (χ4v) is 2.79. The second-order valence-corrected chi connectivity index (χ2v) is 6.47. The SMILES string of the molecule is CCCCOc1ccc(C(=O)NCC(=O)N2CC(C)OC(C)C2)cc1. The molecule has 1 aromatic carbocycles. The molecule has 1 aliphatic heterocycles. The lowest BCUT2D eigenvalue weighted by Crippen LogP contribution is -2.51. The molecule has 2 rings (SSSR count). The van der Waals surface area contributed by atoms with E-state index >= 15 is 0 Å². The van der Waals surface area contributed by atoms with Gasteiger partial charge in [-0.1, -0.05) is 13.3 Å². The third kappa shape index (κ3) is 6.05. The van der Waals surface area contributed by atoms with Crippen molar-refractivity contribution in [3.05, 3.63) is 29.8 Å². The van der Waals surface area contributed by atoms with Gasteiger partial charge in [0.15, 0.2) is 0 Å². The van der Waals surface area contributed by atoms with Gasteiger partial charge in [0, 0.05) is 18.7 Å². The average molecular weight is 348 g/mol. The number of rotatable bonds is 7. The Hall–Kier alpha value is -2.08. The predicted molar refractivity (Wildman–Crippen MR) is 95.8 cm³/mol. The van der Waals surface area contributed by atoms with Crippen LogP contribution >= 0.6 is 0 Å². The molecule has 0 aromatic heterocycles. The van der Waals surface area contributed by atoms with E-state index in [4.69, 9.17) is 9.47 Å². The standard InChI is InChI=1S/C19H28N2O4/c1-4-5-10-24-17-8-6-16(7-9-17)19(23)20-11-18(22)21-12-14(2)25-15(3)13-21/h6-9,14-15H,4-5,10-13H2,1-3H3,(H,20,23). The van der Waals surface area contributed by atoms with Gasteiger partial charge < -0.3 is 19.7 Å². The Kier molecular flexibility index (Phi) is 7.25. The number of carbonyl (C=O) groups is 2. The highest BCUT2D eigenvalue weighted by Crippen LogP contribution is 2.13. The van der Waals surface area contributed by atoms with Gasteiger partial charge in [-0.05, 0) is 44.5 Å². The summed E-state index contributed by atoms with van der Waals surface area (Å²) >= 11 is 0. The molecule has 1 aliphatic rings. The van der Waals surface area contributed by atoms with Crippen LogP contribution in [0.4, 0.5) is 0 Å². The molecule has 6 heteroatoms. The van der Waals surface area contributed by atoms with E-state index in [9.17, 15) is 9.59 Å². The van der Waals surface area contributed by atoms with Crippen molar-refractivity contribution in [3.8, 4) is 5.75 Å². The van der Waals surface area contributed by atoms with Crippen LogP contribution in [0.15, 0.2) is 24.3 Å². The van der Waals surface area contributed by atoms with Gasteiger partial charge in [0.1, 0.15) is 5.75 Å². The molecule has 0 spiro atoms. The van der Waals surface area contributed by atoms with Crippen LogP contribution in [0.1, 0.15) is 44.0 Å². The molecular weight excluding hydrogens is 320 g/mol. The molecule has 0 saturated carbocycles. The third-order valence-corrected chi connectivity index (χ3v) is 4.06. The zero-order valence-corrected chi connectivity index (χ0v) is 15.3. The smallest absolute Gasteiger partial charge is 0.251 e. The van der Waals surface area contributed by atoms with Crippen molar-refractivity contribution in [2.75, 3.05) is 26.2 Å². The first-order valence-electron chi connectivity index (χ1n) is 8.94. The normalized spacial score (nSPS) is 20.2. The molecule has 1 aromatic rings. The molecule has 0 radical (unpaired) electrons. The zero-order chi connectivity index (χ0) is 18.2. The Balaban J connectivity index is 1.80. The van der Waals surface area contributed by atoms with Crippen LogP contribution in [-0.2, 0) is 9.53 Å². The van der Waals surface area contributed by atoms with E-state index in [2.05, 4.69) is 12.2 Å². The summed E-state index contributed by atoms with van der Waals surface area (Å²) in [5, 5.41) is 2.69. The molecule has 2 unspecified atom stereocenters. The second kappa shape index (κ2) is 9.42. The van der Waals surface area contributed by atoms with Gasteiger partial charge in [-0.25, -0.2) is 0 Å². The predicted octanol–water partition coefficient (Wildman–Crippen LogP) is 2.23. The number of hydrogen-bond acceptors (Lipinski definition) is 4. The van der Waals surface area contributed by atoms with Crippen molar-refractivity contribution in [2.24, 2.45) is 0 Å². The largest absolute Gasteiger partial charge is 0.494 e. The molecule has 1 N–H and O–H groups in total. The number of hydrogen-bond donors (Lipinski definition) is 1. The minimum absolute atomic E-state index is 0.00692. The number of carbonyl (C=O) groups excluding carboxylic acids is 2. The lowest BCUT2D eigenvalue weighted by molar-refractivity contribution is -0.142. The number of nitrogens with one attached hydrogen (secondary N) is 1. The Labute approximate surface area is 149 Å². The molecule has 2 amide bonds. The van der Waals surface area contributed by atoms with Crippen LogP contribution in [0, 0.1) is 0 Å². The van der Waals surface area contributed by atoms with E-state index < -0.39 is 0 Å². The van der Waals surface area contributed by atoms with Crippen molar-refractivity contribution < 1.29 is 19.1 Å². The summed E-state index contributed by atoms with van der Waals surface area (Å²) in [6.07, 6.45) is 2.12. The minimum atomic E-state index is -0.261. The summed E-state index contributed by atoms with van der Waals surface area (Å²) in [6, 6.07) is 6.97. The van der Waals surface area contributed by atoms with Crippen LogP contribution in [0.3, 0.4) is 0 Å². The maximum atomic E-state index is 12.3. The molecule has 25 heavy (non-hydrogen) atoms. The van der Waals surface area contributed by atoms with Crippen molar-refractivity contribution in [2.45, 2.75) is 45.8 Å². The maximum absolute atomic E-state index is 12.3. The van der Waals surface area contributed by atoms with Gasteiger partial charge in [-0.15, -0.1) is 0 Å². The number of amides is 2. The number of nitrogens with zero attached hydrogens (tertiary/aromatic N) is 1. The minimum Gasteiger partial charge on any atom is -0.494 e. The highest BCUT2D eigenvalue weighted by Gasteiger charge is 2.25. The summed E-state index contributed by atoms with van der Waals surface area (Å²) < 4.78 is 11.2. The average Bonchev–Trinajstić information content (AvgIpc) is 2.59. The fraction of sp³-hybridized carbons (Fsp3) is 0.579. The highest BCUT2D eigenvalue weighted by atomic mass is 16.5. The molecule has 6 nitrogen and oxygen atoms in total. The van der Waals surface area contributed by atoms with Crippen molar-refractivity contribution >= 4 is 11.8 Å². The van der Waals surface area contributed by atoms with E-state index in [1.807, 2.05) is 13.8 Å². The third-order valence-electron chi connectivity index (χ3n) is 4.06. The van der Waals surface area contributed by atoms with E-state index in [-0.39, 0.29) is 30.6 Å². The lowest BCUT2D eigenvalue weighted by Gasteiger charge is -2.35. The molecule has 0 bridgehead atoms. The van der Waals surface area contributed by atoms with E-state index in [1.54, 1.807) is 29.2 Å². The summed E-state index contributed by atoms with van der Waals surface area (Å²) in [5.41, 5.74) is 0.513. The summed E-state index contributed by atoms with van der Waals surface area (Å²) in [5.74, 6) is 0.398. The van der Waals surface area contributed by atoms with Gasteiger partial charge in [0.25, 0.3) is 5.91 Å². The number of benzene rings is 1. The Bertz CT molecular complexity index is 563. The van der Waals surface area contributed by atoms with E-state index in [0.29, 0.717) is 25.3 Å². The molecule has 138 valence electrons. The number of unbranched alkanes of at least 4 members (excludes halogenated alkanes) is 1. The zero-order valence-electron chi connectivity index (χ0n) is 15.3. The Morgan fingerprint density at radius 1 is 1.20 bits per heavy atom. The van der Waals surface area contributed by atoms with Crippen LogP contribution in [-0.4, -0.2) is 55.2 Å². The van der Waals surface area contributed by atoms with Gasteiger partial charge in [0.05, 0.1) is 25.4 Å². The first kappa shape index (κ1) is 19.2. The maximum Gasteiger partial charge on any atom is 0.251 e. The van der Waals surface area contributed by atoms with Gasteiger partial charge in [-0.2, -0.15) is 0 Å². The van der Waals surface area contributed by atoms with Crippen LogP contribution in [0.5, 0.6) is 5.75 Å². The highest BCUT2D eigenvalue weighted by molar-refractivity contribution is 5.96. The number of morpholine rings is 1. The summed E-state index contributed by atoms with van der Waals surface area (Å²) in [4.78, 5) is 26.2. The topological polar surface area (TPSA) is 67.9 Å². The molecule has 1 fully saturated rings. The monoisotopic (exact) mass is 348 g/mol. The first-order valence-corrected chi connectivity index (χ1v) is 8.94. The van der Waals surface area contributed by atoms with Crippen molar-refractivity contribution in [1.82, 2.24) is 10.2 Å². The van der Waals surface area contributed by atoms with Crippen LogP contribution in [0.2, 0.25) is 0 Å². The summed E-state index contributed by atoms with van der Waals surface area (Å²) in [7, 11) is 0. The van der Waals surface area contributed by atoms with E-state index in [1.165, 1.54) is 0 Å². The Morgan fingerprint density at radius 3 is 2.44 bits per heavy atom. The van der Waals surface area contributed by atoms with Crippen molar-refractivity contribution in [1.29, 1.82) is 0 Å². The van der Waals surface area contributed by atoms with Gasteiger partial charge in [-0.3, -0.25) is 9.59 Å². The van der Waals surface area contributed by atoms with Crippen molar-refractivity contribution in [3.63, 3.8) is 0 Å². The van der Waals surface area contributed by atoms with Gasteiger partial charge >= 0.3 is 0 Å². The fourth-order valence-electron chi connectivity index (χ4n) is 2.79. The molecule has 1 heterocycles. The van der Waals surface area contributed by atoms with Gasteiger partial charge in [0.2, 0.25) is 5.91 Å². The quantitative estimate of drug-likeness (QED) is 0.767. The van der Waals surface area contributed by atoms with Crippen LogP contribution in [0.25, 0.3) is 0 Å². The molecule has 0 aliphatic carbocycles. The molecule has 2 atom stereocenters. The first-order chi connectivity index (χ1) is 12.0.